The van der Waals surface area contributed by atoms with Crippen molar-refractivity contribution in [1.82, 2.24) is 0 Å². The quantitative estimate of drug-likeness (QED) is 0.848. The van der Waals surface area contributed by atoms with Crippen molar-refractivity contribution in [3.05, 3.63) is 28.7 Å². The maximum atomic E-state index is 3.57. The predicted octanol–water partition coefficient (Wildman–Crippen LogP) is 4.69. The van der Waals surface area contributed by atoms with Crippen LogP contribution >= 0.6 is 15.9 Å². The highest BCUT2D eigenvalue weighted by Gasteiger charge is 2.18. The lowest BCUT2D eigenvalue weighted by atomic mass is 9.82. The van der Waals surface area contributed by atoms with E-state index in [1.54, 1.807) is 0 Å². The van der Waals surface area contributed by atoms with Crippen LogP contribution < -0.4 is 5.32 Å². The Labute approximate surface area is 107 Å². The third-order valence-electron chi connectivity index (χ3n) is 3.50. The molecule has 0 amide bonds. The van der Waals surface area contributed by atoms with E-state index >= 15 is 0 Å². The number of halogens is 1. The Morgan fingerprint density at radius 1 is 1.31 bits per heavy atom. The predicted molar refractivity (Wildman–Crippen MR) is 73.8 cm³/mol. The highest BCUT2D eigenvalue weighted by molar-refractivity contribution is 9.10. The van der Waals surface area contributed by atoms with Crippen molar-refractivity contribution < 1.29 is 0 Å². The Balaban J connectivity index is 1.85. The standard InChI is InChI=1S/C14H20BrN/c1-11-5-4-6-12(9-11)10-16-14-8-3-2-7-13(14)15/h2-3,7-8,11-12,16H,4-6,9-10H2,1H3. The minimum atomic E-state index is 0.857. The minimum absolute atomic E-state index is 0.857. The van der Waals surface area contributed by atoms with Gasteiger partial charge in [0.05, 0.1) is 0 Å². The van der Waals surface area contributed by atoms with Crippen molar-refractivity contribution in [2.45, 2.75) is 32.6 Å². The Hall–Kier alpha value is -0.500. The summed E-state index contributed by atoms with van der Waals surface area (Å²) in [5, 5.41) is 3.56. The molecule has 16 heavy (non-hydrogen) atoms. The fourth-order valence-electron chi connectivity index (χ4n) is 2.60. The molecule has 88 valence electrons. The molecule has 1 fully saturated rings. The maximum Gasteiger partial charge on any atom is 0.0484 e. The van der Waals surface area contributed by atoms with Gasteiger partial charge in [-0.3, -0.25) is 0 Å². The number of anilines is 1. The minimum Gasteiger partial charge on any atom is -0.384 e. The zero-order valence-electron chi connectivity index (χ0n) is 9.88. The van der Waals surface area contributed by atoms with E-state index < -0.39 is 0 Å². The molecule has 0 heterocycles. The largest absolute Gasteiger partial charge is 0.384 e. The molecule has 1 aliphatic rings. The van der Waals surface area contributed by atoms with Crippen LogP contribution in [0.25, 0.3) is 0 Å². The van der Waals surface area contributed by atoms with Crippen LogP contribution in [0.15, 0.2) is 28.7 Å². The molecule has 2 atom stereocenters. The first kappa shape index (κ1) is 12.0. The maximum absolute atomic E-state index is 3.57. The average Bonchev–Trinajstić information content (AvgIpc) is 2.28. The van der Waals surface area contributed by atoms with Crippen LogP contribution in [0.3, 0.4) is 0 Å². The molecule has 1 aromatic rings. The summed E-state index contributed by atoms with van der Waals surface area (Å²) in [5.74, 6) is 1.77. The molecule has 1 saturated carbocycles. The molecule has 0 spiro atoms. The lowest BCUT2D eigenvalue weighted by molar-refractivity contribution is 0.293. The summed E-state index contributed by atoms with van der Waals surface area (Å²) in [4.78, 5) is 0. The molecule has 2 heteroatoms. The van der Waals surface area contributed by atoms with E-state index in [9.17, 15) is 0 Å². The van der Waals surface area contributed by atoms with E-state index in [0.717, 1.165) is 18.4 Å². The van der Waals surface area contributed by atoms with Gasteiger partial charge in [0.1, 0.15) is 0 Å². The molecular weight excluding hydrogens is 262 g/mol. The van der Waals surface area contributed by atoms with Crippen molar-refractivity contribution in [2.24, 2.45) is 11.8 Å². The summed E-state index contributed by atoms with van der Waals surface area (Å²) >= 11 is 3.57. The normalized spacial score (nSPS) is 25.4. The molecule has 1 nitrogen and oxygen atoms in total. The van der Waals surface area contributed by atoms with Gasteiger partial charge in [-0.15, -0.1) is 0 Å². The molecule has 0 aliphatic heterocycles. The second-order valence-corrected chi connectivity index (χ2v) is 5.85. The lowest BCUT2D eigenvalue weighted by Crippen LogP contribution is -2.21. The van der Waals surface area contributed by atoms with Crippen molar-refractivity contribution in [1.29, 1.82) is 0 Å². The first-order valence-electron chi connectivity index (χ1n) is 6.24. The van der Waals surface area contributed by atoms with Gasteiger partial charge in [-0.2, -0.15) is 0 Å². The Morgan fingerprint density at radius 2 is 2.12 bits per heavy atom. The molecule has 1 N–H and O–H groups in total. The van der Waals surface area contributed by atoms with Crippen molar-refractivity contribution in [2.75, 3.05) is 11.9 Å². The fourth-order valence-corrected chi connectivity index (χ4v) is 3.03. The van der Waals surface area contributed by atoms with Crippen LogP contribution in [0.1, 0.15) is 32.6 Å². The smallest absolute Gasteiger partial charge is 0.0484 e. The van der Waals surface area contributed by atoms with Crippen LogP contribution in [0.4, 0.5) is 5.69 Å². The van der Waals surface area contributed by atoms with Crippen molar-refractivity contribution >= 4 is 21.6 Å². The molecule has 2 rings (SSSR count). The van der Waals surface area contributed by atoms with Gasteiger partial charge in [0.25, 0.3) is 0 Å². The van der Waals surface area contributed by atoms with E-state index in [0.29, 0.717) is 0 Å². The van der Waals surface area contributed by atoms with Gasteiger partial charge in [0, 0.05) is 16.7 Å². The third-order valence-corrected chi connectivity index (χ3v) is 4.19. The zero-order chi connectivity index (χ0) is 11.4. The van der Waals surface area contributed by atoms with Gasteiger partial charge in [-0.25, -0.2) is 0 Å². The zero-order valence-corrected chi connectivity index (χ0v) is 11.5. The molecule has 2 unspecified atom stereocenters. The monoisotopic (exact) mass is 281 g/mol. The molecular formula is C14H20BrN. The summed E-state index contributed by atoms with van der Waals surface area (Å²) in [6, 6.07) is 8.36. The number of benzene rings is 1. The van der Waals surface area contributed by atoms with Gasteiger partial charge in [0.2, 0.25) is 0 Å². The fraction of sp³-hybridized carbons (Fsp3) is 0.571. The van der Waals surface area contributed by atoms with E-state index in [-0.39, 0.29) is 0 Å². The first-order chi connectivity index (χ1) is 7.75. The van der Waals surface area contributed by atoms with Crippen molar-refractivity contribution in [3.8, 4) is 0 Å². The molecule has 1 aromatic carbocycles. The van der Waals surface area contributed by atoms with E-state index in [1.807, 2.05) is 0 Å². The molecule has 0 bridgehead atoms. The third kappa shape index (κ3) is 3.24. The number of hydrogen-bond acceptors (Lipinski definition) is 1. The summed E-state index contributed by atoms with van der Waals surface area (Å²) in [7, 11) is 0. The van der Waals surface area contributed by atoms with Gasteiger partial charge in [-0.05, 0) is 52.7 Å². The van der Waals surface area contributed by atoms with E-state index in [4.69, 9.17) is 0 Å². The lowest BCUT2D eigenvalue weighted by Gasteiger charge is -2.27. The van der Waals surface area contributed by atoms with Gasteiger partial charge < -0.3 is 5.32 Å². The number of rotatable bonds is 3. The summed E-state index contributed by atoms with van der Waals surface area (Å²) in [6.45, 7) is 3.50. The molecule has 0 saturated heterocycles. The number of nitrogens with one attached hydrogen (secondary N) is 1. The molecule has 0 aromatic heterocycles. The van der Waals surface area contributed by atoms with Gasteiger partial charge in [0.15, 0.2) is 0 Å². The van der Waals surface area contributed by atoms with Crippen LogP contribution in [0.5, 0.6) is 0 Å². The first-order valence-corrected chi connectivity index (χ1v) is 7.03. The van der Waals surface area contributed by atoms with Crippen LogP contribution in [-0.4, -0.2) is 6.54 Å². The molecule has 1 aliphatic carbocycles. The number of hydrogen-bond donors (Lipinski definition) is 1. The number of para-hydroxylation sites is 1. The Bertz CT molecular complexity index is 337. The SMILES string of the molecule is CC1CCCC(CNc2ccccc2Br)C1. The molecule has 0 radical (unpaired) electrons. The van der Waals surface area contributed by atoms with Gasteiger partial charge in [-0.1, -0.05) is 31.9 Å². The highest BCUT2D eigenvalue weighted by Crippen LogP contribution is 2.29. The highest BCUT2D eigenvalue weighted by atomic mass is 79.9. The topological polar surface area (TPSA) is 12.0 Å². The summed E-state index contributed by atoms with van der Waals surface area (Å²) in [6.07, 6.45) is 5.61. The van der Waals surface area contributed by atoms with Crippen LogP contribution in [0, 0.1) is 11.8 Å². The summed E-state index contributed by atoms with van der Waals surface area (Å²) < 4.78 is 1.17. The second-order valence-electron chi connectivity index (χ2n) is 5.00. The average molecular weight is 282 g/mol. The Kier molecular flexibility index (Phi) is 4.28. The second kappa shape index (κ2) is 5.72. The van der Waals surface area contributed by atoms with Crippen molar-refractivity contribution in [3.63, 3.8) is 0 Å². The van der Waals surface area contributed by atoms with E-state index in [2.05, 4.69) is 52.4 Å². The van der Waals surface area contributed by atoms with E-state index in [1.165, 1.54) is 35.8 Å². The van der Waals surface area contributed by atoms with Crippen LogP contribution in [-0.2, 0) is 0 Å². The summed E-state index contributed by atoms with van der Waals surface area (Å²) in [5.41, 5.74) is 1.22. The van der Waals surface area contributed by atoms with Crippen LogP contribution in [0.2, 0.25) is 0 Å². The van der Waals surface area contributed by atoms with Gasteiger partial charge >= 0.3 is 0 Å². The Morgan fingerprint density at radius 3 is 2.88 bits per heavy atom.